The van der Waals surface area contributed by atoms with E-state index in [4.69, 9.17) is 13.1 Å². The number of benzene rings is 4. The van der Waals surface area contributed by atoms with Gasteiger partial charge in [0.25, 0.3) is 0 Å². The smallest absolute Gasteiger partial charge is 0.307 e. The van der Waals surface area contributed by atoms with Crippen molar-refractivity contribution in [1.82, 2.24) is 0 Å². The topological polar surface area (TPSA) is 61.8 Å². The lowest BCUT2D eigenvalue weighted by molar-refractivity contribution is 0.317. The molecule has 0 aliphatic rings. The average Bonchev–Trinajstić information content (AvgIpc) is 2.95. The molecule has 0 atom stereocenters. The minimum Gasteiger partial charge on any atom is -0.494 e. The van der Waals surface area contributed by atoms with E-state index in [1.54, 1.807) is 24.3 Å². The van der Waals surface area contributed by atoms with Gasteiger partial charge in [0.05, 0.1) is 18.1 Å². The Hall–Kier alpha value is -3.26. The van der Waals surface area contributed by atoms with Gasteiger partial charge in [-0.1, -0.05) is 49.7 Å². The molecule has 200 valence electrons. The van der Waals surface area contributed by atoms with Crippen LogP contribution in [0.5, 0.6) is 11.5 Å². The minimum atomic E-state index is -4.15. The van der Waals surface area contributed by atoms with Crippen LogP contribution in [0.15, 0.2) is 123 Å². The second kappa shape index (κ2) is 12.5. The highest BCUT2D eigenvalue weighted by Gasteiger charge is 2.38. The third-order valence-electron chi connectivity index (χ3n) is 5.83. The maximum atomic E-state index is 13.8. The van der Waals surface area contributed by atoms with Crippen LogP contribution in [0.4, 0.5) is 0 Å². The van der Waals surface area contributed by atoms with E-state index in [1.165, 1.54) is 0 Å². The van der Waals surface area contributed by atoms with Crippen molar-refractivity contribution < 1.29 is 21.5 Å². The molecule has 0 spiro atoms. The van der Waals surface area contributed by atoms with Gasteiger partial charge in [-0.05, 0) is 103 Å². The molecule has 0 saturated carbocycles. The van der Waals surface area contributed by atoms with Crippen LogP contribution in [-0.4, -0.2) is 21.6 Å². The Morgan fingerprint density at radius 1 is 0.553 bits per heavy atom. The molecule has 0 radical (unpaired) electrons. The zero-order valence-electron chi connectivity index (χ0n) is 22.0. The van der Waals surface area contributed by atoms with Crippen molar-refractivity contribution in [3.63, 3.8) is 0 Å². The van der Waals surface area contributed by atoms with E-state index in [0.29, 0.717) is 13.2 Å². The van der Waals surface area contributed by atoms with E-state index in [-0.39, 0.29) is 4.90 Å². The van der Waals surface area contributed by atoms with Crippen molar-refractivity contribution in [2.24, 2.45) is 0 Å². The molecule has 7 heteroatoms. The quantitative estimate of drug-likeness (QED) is 0.178. The van der Waals surface area contributed by atoms with Crippen LogP contribution >= 0.6 is 10.3 Å². The van der Waals surface area contributed by atoms with Gasteiger partial charge in [-0.2, -0.15) is 8.42 Å². The molecular weight excluding hydrogens is 516 g/mol. The standard InChI is InChI=1S/C31H34O5S2/c1-4-23-34-26-13-19-29(20-14-26)37(28-9-7-6-8-10-28,30-21-15-27(16-22-30)35-24-5-2)36-38(32,33)31-17-11-25(3)12-18-31/h6-22H,4-5,23-24H2,1-3H3. The number of hydrogen-bond donors (Lipinski definition) is 0. The first-order valence-corrected chi connectivity index (χ1v) is 15.7. The van der Waals surface area contributed by atoms with E-state index in [2.05, 4.69) is 13.8 Å². The highest BCUT2D eigenvalue weighted by atomic mass is 32.3. The van der Waals surface area contributed by atoms with E-state index in [0.717, 1.165) is 44.6 Å². The van der Waals surface area contributed by atoms with Crippen LogP contribution < -0.4 is 9.47 Å². The highest BCUT2D eigenvalue weighted by Crippen LogP contribution is 2.70. The molecule has 0 unspecified atom stereocenters. The molecule has 38 heavy (non-hydrogen) atoms. The van der Waals surface area contributed by atoms with Crippen LogP contribution in [0.3, 0.4) is 0 Å². The second-order valence-corrected chi connectivity index (χ2v) is 13.3. The Morgan fingerprint density at radius 3 is 1.42 bits per heavy atom. The lowest BCUT2D eigenvalue weighted by Crippen LogP contribution is -2.14. The average molecular weight is 551 g/mol. The third kappa shape index (κ3) is 6.23. The Bertz CT molecular complexity index is 1350. The van der Waals surface area contributed by atoms with Crippen LogP contribution in [-0.2, 0) is 13.7 Å². The number of rotatable bonds is 12. The van der Waals surface area contributed by atoms with Gasteiger partial charge in [-0.3, -0.25) is 0 Å². The lowest BCUT2D eigenvalue weighted by atomic mass is 10.2. The van der Waals surface area contributed by atoms with Gasteiger partial charge in [0.2, 0.25) is 0 Å². The Morgan fingerprint density at radius 2 is 0.974 bits per heavy atom. The van der Waals surface area contributed by atoms with Crippen LogP contribution in [0.25, 0.3) is 0 Å². The van der Waals surface area contributed by atoms with E-state index in [1.807, 2.05) is 85.8 Å². The largest absolute Gasteiger partial charge is 0.494 e. The molecule has 0 N–H and O–H groups in total. The maximum absolute atomic E-state index is 13.8. The molecule has 0 amide bonds. The fourth-order valence-electron chi connectivity index (χ4n) is 3.91. The molecule has 4 aromatic rings. The summed E-state index contributed by atoms with van der Waals surface area (Å²) in [5.74, 6) is 1.45. The molecule has 0 heterocycles. The molecule has 0 aromatic heterocycles. The number of ether oxygens (including phenoxy) is 2. The first-order valence-electron chi connectivity index (χ1n) is 12.8. The van der Waals surface area contributed by atoms with Crippen LogP contribution in [0.2, 0.25) is 0 Å². The van der Waals surface area contributed by atoms with Gasteiger partial charge in [-0.25, -0.2) is 3.63 Å². The first kappa shape index (κ1) is 27.8. The summed E-state index contributed by atoms with van der Waals surface area (Å²) in [6.07, 6.45) is 1.79. The van der Waals surface area contributed by atoms with Crippen molar-refractivity contribution in [2.45, 2.75) is 53.2 Å². The second-order valence-electron chi connectivity index (χ2n) is 8.84. The minimum absolute atomic E-state index is 0.113. The molecule has 5 nitrogen and oxygen atoms in total. The van der Waals surface area contributed by atoms with E-state index in [9.17, 15) is 8.42 Å². The number of aryl methyl sites for hydroxylation is 1. The molecule has 0 saturated heterocycles. The van der Waals surface area contributed by atoms with Crippen LogP contribution in [0.1, 0.15) is 32.3 Å². The highest BCUT2D eigenvalue weighted by molar-refractivity contribution is 8.33. The van der Waals surface area contributed by atoms with Gasteiger partial charge in [0, 0.05) is 14.7 Å². The van der Waals surface area contributed by atoms with E-state index >= 15 is 0 Å². The summed E-state index contributed by atoms with van der Waals surface area (Å²) in [7, 11) is -6.88. The van der Waals surface area contributed by atoms with Gasteiger partial charge < -0.3 is 9.47 Å². The van der Waals surface area contributed by atoms with Gasteiger partial charge in [-0.15, -0.1) is 0 Å². The summed E-state index contributed by atoms with van der Waals surface area (Å²) in [5.41, 5.74) is 0.968. The molecule has 0 bridgehead atoms. The summed E-state index contributed by atoms with van der Waals surface area (Å²) in [6, 6.07) is 31.4. The fourth-order valence-corrected chi connectivity index (χ4v) is 9.11. The molecule has 4 rings (SSSR count). The van der Waals surface area contributed by atoms with Gasteiger partial charge in [0.1, 0.15) is 11.5 Å². The van der Waals surface area contributed by atoms with Gasteiger partial charge >= 0.3 is 10.1 Å². The molecule has 0 aliphatic carbocycles. The number of hydrogen-bond acceptors (Lipinski definition) is 5. The van der Waals surface area contributed by atoms with Crippen molar-refractivity contribution in [2.75, 3.05) is 13.2 Å². The monoisotopic (exact) mass is 550 g/mol. The van der Waals surface area contributed by atoms with Crippen molar-refractivity contribution in [3.8, 4) is 11.5 Å². The van der Waals surface area contributed by atoms with Crippen molar-refractivity contribution >= 4 is 20.4 Å². The zero-order valence-corrected chi connectivity index (χ0v) is 23.6. The van der Waals surface area contributed by atoms with Crippen molar-refractivity contribution in [1.29, 1.82) is 0 Å². The molecule has 0 aliphatic heterocycles. The van der Waals surface area contributed by atoms with Crippen molar-refractivity contribution in [3.05, 3.63) is 109 Å². The van der Waals surface area contributed by atoms with E-state index < -0.39 is 20.4 Å². The zero-order chi connectivity index (χ0) is 27.0. The predicted molar refractivity (Wildman–Crippen MR) is 153 cm³/mol. The maximum Gasteiger partial charge on any atom is 0.307 e. The lowest BCUT2D eigenvalue weighted by Gasteiger charge is -2.39. The normalized spacial score (nSPS) is 12.2. The Kier molecular flexibility index (Phi) is 9.15. The fraction of sp³-hybridized carbons (Fsp3) is 0.226. The molecule has 0 fully saturated rings. The van der Waals surface area contributed by atoms with Gasteiger partial charge in [0.15, 0.2) is 0 Å². The summed E-state index contributed by atoms with van der Waals surface area (Å²) in [4.78, 5) is 2.36. The summed E-state index contributed by atoms with van der Waals surface area (Å²) in [5, 5.41) is 0. The third-order valence-corrected chi connectivity index (χ3v) is 11.0. The van der Waals surface area contributed by atoms with Crippen LogP contribution in [0, 0.1) is 6.92 Å². The summed E-state index contributed by atoms with van der Waals surface area (Å²) in [6.45, 7) is 7.23. The predicted octanol–water partition coefficient (Wildman–Crippen LogP) is 8.17. The Labute approximate surface area is 228 Å². The molecule has 4 aromatic carbocycles. The summed E-state index contributed by atoms with van der Waals surface area (Å²) < 4.78 is 45.7. The summed E-state index contributed by atoms with van der Waals surface area (Å²) >= 11 is 0. The Balaban J connectivity index is 1.91. The first-order chi connectivity index (χ1) is 18.4. The molecular formula is C31H34O5S2. The SMILES string of the molecule is CCCOc1ccc(S(OS(=O)(=O)c2ccc(C)cc2)(c2ccccc2)c2ccc(OCCC)cc2)cc1.